The maximum absolute atomic E-state index is 11.4. The van der Waals surface area contributed by atoms with Gasteiger partial charge in [0.2, 0.25) is 0 Å². The zero-order chi connectivity index (χ0) is 12.8. The number of imidazole rings is 1. The van der Waals surface area contributed by atoms with E-state index in [4.69, 9.17) is 4.74 Å². The lowest BCUT2D eigenvalue weighted by atomic mass is 10.3. The number of ether oxygens (including phenoxy) is 1. The van der Waals surface area contributed by atoms with Crippen molar-refractivity contribution in [3.63, 3.8) is 0 Å². The van der Waals surface area contributed by atoms with Crippen LogP contribution in [0.25, 0.3) is 0 Å². The highest BCUT2D eigenvalue weighted by Gasteiger charge is 2.16. The zero-order valence-corrected chi connectivity index (χ0v) is 9.89. The maximum atomic E-state index is 11.4. The van der Waals surface area contributed by atoms with Crippen LogP contribution in [0.5, 0.6) is 0 Å². The molecule has 0 aliphatic rings. The molecule has 0 bridgehead atoms. The average molecular weight is 259 g/mol. The third kappa shape index (κ3) is 3.99. The first-order chi connectivity index (χ1) is 8.04. The van der Waals surface area contributed by atoms with Crippen LogP contribution in [0.3, 0.4) is 0 Å². The Morgan fingerprint density at radius 2 is 2.12 bits per heavy atom. The Morgan fingerprint density at radius 3 is 2.71 bits per heavy atom. The molecule has 0 saturated carbocycles. The molecule has 0 atom stereocenters. The van der Waals surface area contributed by atoms with Gasteiger partial charge in [0, 0.05) is 11.5 Å². The fourth-order valence-corrected chi connectivity index (χ4v) is 1.83. The summed E-state index contributed by atoms with van der Waals surface area (Å²) in [6, 6.07) is 0. The Hall–Kier alpha value is -1.70. The lowest BCUT2D eigenvalue weighted by Gasteiger charge is -2.03. The van der Waals surface area contributed by atoms with Crippen molar-refractivity contribution < 1.29 is 19.4 Å². The normalized spacial score (nSPS) is 10.2. The number of aromatic nitrogens is 2. The van der Waals surface area contributed by atoms with E-state index in [2.05, 4.69) is 9.97 Å². The zero-order valence-electron chi connectivity index (χ0n) is 9.07. The molecule has 1 rings (SSSR count). The van der Waals surface area contributed by atoms with Gasteiger partial charge in [-0.1, -0.05) is 0 Å². The van der Waals surface area contributed by atoms with Gasteiger partial charge in [-0.05, 0) is 6.92 Å². The van der Waals surface area contributed by atoms with E-state index < -0.39 is 17.6 Å². The standard InChI is InChI=1S/C9H12N2O5S/c1-2-16-8(14)7-5(10-9(15)11-7)3-17-4-6(12)13/h2-4H2,1H3,(H,12,13)(H2,10,11,15)/p-1. The van der Waals surface area contributed by atoms with E-state index in [1.807, 2.05) is 0 Å². The van der Waals surface area contributed by atoms with Crippen LogP contribution in [-0.2, 0) is 15.3 Å². The van der Waals surface area contributed by atoms with Crippen molar-refractivity contribution >= 4 is 23.7 Å². The number of rotatable bonds is 6. The summed E-state index contributed by atoms with van der Waals surface area (Å²) < 4.78 is 4.74. The van der Waals surface area contributed by atoms with Gasteiger partial charge in [0.15, 0.2) is 0 Å². The van der Waals surface area contributed by atoms with E-state index in [0.717, 1.165) is 11.8 Å². The highest BCUT2D eigenvalue weighted by atomic mass is 32.2. The van der Waals surface area contributed by atoms with Crippen LogP contribution in [0.4, 0.5) is 0 Å². The monoisotopic (exact) mass is 259 g/mol. The van der Waals surface area contributed by atoms with Gasteiger partial charge in [0.05, 0.1) is 18.3 Å². The van der Waals surface area contributed by atoms with E-state index in [1.54, 1.807) is 6.92 Å². The second-order valence-electron chi connectivity index (χ2n) is 3.02. The molecule has 1 aromatic rings. The molecule has 1 aromatic heterocycles. The first-order valence-electron chi connectivity index (χ1n) is 4.80. The lowest BCUT2D eigenvalue weighted by molar-refractivity contribution is -0.301. The number of carbonyl (C=O) groups excluding carboxylic acids is 2. The second kappa shape index (κ2) is 6.14. The van der Waals surface area contributed by atoms with Crippen molar-refractivity contribution in [2.24, 2.45) is 0 Å². The van der Waals surface area contributed by atoms with Gasteiger partial charge in [-0.3, -0.25) is 4.98 Å². The highest BCUT2D eigenvalue weighted by Crippen LogP contribution is 2.12. The smallest absolute Gasteiger partial charge is 0.356 e. The quantitative estimate of drug-likeness (QED) is 0.624. The molecular weight excluding hydrogens is 248 g/mol. The molecule has 94 valence electrons. The minimum absolute atomic E-state index is 0.0303. The van der Waals surface area contributed by atoms with Crippen molar-refractivity contribution in [3.05, 3.63) is 21.9 Å². The number of aromatic amines is 2. The Kier molecular flexibility index (Phi) is 4.83. The third-order valence-electron chi connectivity index (χ3n) is 1.75. The SMILES string of the molecule is CCOC(=O)c1[nH]c(=O)[nH]c1CSCC(=O)[O-]. The topological polar surface area (TPSA) is 115 Å². The summed E-state index contributed by atoms with van der Waals surface area (Å²) in [5.74, 6) is -1.88. The van der Waals surface area contributed by atoms with Crippen LogP contribution in [0.2, 0.25) is 0 Å². The summed E-state index contributed by atoms with van der Waals surface area (Å²) in [4.78, 5) is 37.4. The van der Waals surface area contributed by atoms with Gasteiger partial charge in [-0.25, -0.2) is 9.59 Å². The first kappa shape index (κ1) is 13.4. The lowest BCUT2D eigenvalue weighted by Crippen LogP contribution is -2.24. The highest BCUT2D eigenvalue weighted by molar-refractivity contribution is 7.99. The maximum Gasteiger partial charge on any atom is 0.356 e. The Balaban J connectivity index is 2.73. The average Bonchev–Trinajstić information content (AvgIpc) is 2.59. The van der Waals surface area contributed by atoms with Crippen LogP contribution in [0.1, 0.15) is 23.1 Å². The molecule has 7 nitrogen and oxygen atoms in total. The Bertz CT molecular complexity index is 464. The molecular formula is C9H11N2O5S-. The van der Waals surface area contributed by atoms with Crippen molar-refractivity contribution in [1.29, 1.82) is 0 Å². The minimum atomic E-state index is -1.20. The number of thioether (sulfide) groups is 1. The van der Waals surface area contributed by atoms with Crippen molar-refractivity contribution in [2.75, 3.05) is 12.4 Å². The number of aliphatic carboxylic acids is 1. The summed E-state index contributed by atoms with van der Waals surface area (Å²) in [6.45, 7) is 1.84. The molecule has 8 heteroatoms. The molecule has 0 saturated heterocycles. The minimum Gasteiger partial charge on any atom is -0.549 e. The second-order valence-corrected chi connectivity index (χ2v) is 4.00. The summed E-state index contributed by atoms with van der Waals surface area (Å²) in [7, 11) is 0. The summed E-state index contributed by atoms with van der Waals surface area (Å²) in [6.07, 6.45) is 0. The van der Waals surface area contributed by atoms with Crippen molar-refractivity contribution in [2.45, 2.75) is 12.7 Å². The molecule has 0 unspecified atom stereocenters. The number of esters is 1. The van der Waals surface area contributed by atoms with Crippen LogP contribution in [0.15, 0.2) is 4.79 Å². The van der Waals surface area contributed by atoms with Crippen LogP contribution in [-0.4, -0.2) is 34.3 Å². The summed E-state index contributed by atoms with van der Waals surface area (Å²) >= 11 is 1.02. The number of carboxylic acid groups (broad SMARTS) is 1. The molecule has 1 heterocycles. The predicted octanol–water partition coefficient (Wildman–Crippen LogP) is -1.14. The molecule has 0 fully saturated rings. The van der Waals surface area contributed by atoms with Gasteiger partial charge in [0.1, 0.15) is 5.69 Å². The molecule has 0 amide bonds. The Morgan fingerprint density at radius 1 is 1.41 bits per heavy atom. The number of H-pyrrole nitrogens is 2. The van der Waals surface area contributed by atoms with Gasteiger partial charge in [-0.15, -0.1) is 11.8 Å². The van der Waals surface area contributed by atoms with E-state index in [0.29, 0.717) is 5.69 Å². The first-order valence-corrected chi connectivity index (χ1v) is 5.96. The predicted molar refractivity (Wildman–Crippen MR) is 58.5 cm³/mol. The van der Waals surface area contributed by atoms with Crippen molar-refractivity contribution in [1.82, 2.24) is 9.97 Å². The number of carboxylic acids is 1. The molecule has 0 radical (unpaired) electrons. The van der Waals surface area contributed by atoms with Crippen LogP contribution in [0, 0.1) is 0 Å². The van der Waals surface area contributed by atoms with Crippen LogP contribution < -0.4 is 10.8 Å². The fourth-order valence-electron chi connectivity index (χ4n) is 1.14. The van der Waals surface area contributed by atoms with Crippen molar-refractivity contribution in [3.8, 4) is 0 Å². The third-order valence-corrected chi connectivity index (χ3v) is 2.68. The molecule has 0 aliphatic carbocycles. The molecule has 17 heavy (non-hydrogen) atoms. The number of hydrogen-bond acceptors (Lipinski definition) is 6. The van der Waals surface area contributed by atoms with E-state index in [9.17, 15) is 19.5 Å². The fraction of sp³-hybridized carbons (Fsp3) is 0.444. The van der Waals surface area contributed by atoms with E-state index in [1.165, 1.54) is 0 Å². The summed E-state index contributed by atoms with van der Waals surface area (Å²) in [5, 5.41) is 10.2. The molecule has 2 N–H and O–H groups in total. The van der Waals surface area contributed by atoms with E-state index >= 15 is 0 Å². The Labute approximate surface area is 101 Å². The number of hydrogen-bond donors (Lipinski definition) is 2. The van der Waals surface area contributed by atoms with Gasteiger partial charge >= 0.3 is 11.7 Å². The van der Waals surface area contributed by atoms with Crippen LogP contribution >= 0.6 is 11.8 Å². The summed E-state index contributed by atoms with van der Waals surface area (Å²) in [5.41, 5.74) is -0.181. The molecule has 0 aromatic carbocycles. The largest absolute Gasteiger partial charge is 0.549 e. The molecule has 0 aliphatic heterocycles. The van der Waals surface area contributed by atoms with E-state index in [-0.39, 0.29) is 23.8 Å². The van der Waals surface area contributed by atoms with Gasteiger partial charge < -0.3 is 19.6 Å². The number of nitrogens with one attached hydrogen (secondary N) is 2. The van der Waals surface area contributed by atoms with Gasteiger partial charge in [0.25, 0.3) is 0 Å². The molecule has 0 spiro atoms. The van der Waals surface area contributed by atoms with Gasteiger partial charge in [-0.2, -0.15) is 0 Å². The number of carbonyl (C=O) groups is 2.